The van der Waals surface area contributed by atoms with Crippen LogP contribution in [-0.2, 0) is 5.88 Å². The fourth-order valence-electron chi connectivity index (χ4n) is 1.40. The molecule has 0 saturated carbocycles. The van der Waals surface area contributed by atoms with Crippen molar-refractivity contribution in [3.63, 3.8) is 0 Å². The monoisotopic (exact) mass is 306 g/mol. The van der Waals surface area contributed by atoms with Crippen molar-refractivity contribution in [3.05, 3.63) is 27.5 Å². The Hall–Kier alpha value is 0.300. The van der Waals surface area contributed by atoms with E-state index in [4.69, 9.17) is 11.6 Å². The van der Waals surface area contributed by atoms with E-state index in [0.717, 1.165) is 0 Å². The fraction of sp³-hybridized carbons (Fsp3) is 0.200. The van der Waals surface area contributed by atoms with Gasteiger partial charge in [0.1, 0.15) is 0 Å². The number of benzene rings is 1. The van der Waals surface area contributed by atoms with Crippen molar-refractivity contribution in [2.45, 2.75) is 10.8 Å². The SMILES string of the molecule is CSc1ccc(CCl)c2cc(Br)sc12. The van der Waals surface area contributed by atoms with Gasteiger partial charge in [0.05, 0.1) is 3.79 Å². The van der Waals surface area contributed by atoms with Crippen molar-refractivity contribution >= 4 is 60.7 Å². The number of rotatable bonds is 2. The second kappa shape index (κ2) is 4.44. The highest BCUT2D eigenvalue weighted by molar-refractivity contribution is 9.11. The molecule has 0 aliphatic carbocycles. The molecule has 1 heterocycles. The maximum absolute atomic E-state index is 5.89. The Morgan fingerprint density at radius 1 is 1.50 bits per heavy atom. The van der Waals surface area contributed by atoms with Crippen LogP contribution < -0.4 is 0 Å². The van der Waals surface area contributed by atoms with Crippen LogP contribution in [0.1, 0.15) is 5.56 Å². The summed E-state index contributed by atoms with van der Waals surface area (Å²) in [6.07, 6.45) is 2.10. The molecule has 2 aromatic rings. The molecule has 0 atom stereocenters. The van der Waals surface area contributed by atoms with Crippen molar-refractivity contribution in [1.82, 2.24) is 0 Å². The number of hydrogen-bond donors (Lipinski definition) is 0. The zero-order valence-electron chi connectivity index (χ0n) is 7.51. The highest BCUT2D eigenvalue weighted by Crippen LogP contribution is 2.38. The third-order valence-electron chi connectivity index (χ3n) is 2.07. The minimum atomic E-state index is 0.578. The summed E-state index contributed by atoms with van der Waals surface area (Å²) in [7, 11) is 0. The topological polar surface area (TPSA) is 0 Å². The molecule has 0 bridgehead atoms. The number of halogens is 2. The molecule has 0 N–H and O–H groups in total. The Morgan fingerprint density at radius 3 is 2.93 bits per heavy atom. The summed E-state index contributed by atoms with van der Waals surface area (Å²) in [5.74, 6) is 0.578. The van der Waals surface area contributed by atoms with Gasteiger partial charge in [-0.1, -0.05) is 6.07 Å². The third kappa shape index (κ3) is 1.83. The number of thiophene rings is 1. The molecule has 0 spiro atoms. The van der Waals surface area contributed by atoms with Crippen LogP contribution in [0.25, 0.3) is 10.1 Å². The molecule has 0 saturated heterocycles. The number of thioether (sulfide) groups is 1. The van der Waals surface area contributed by atoms with Gasteiger partial charge >= 0.3 is 0 Å². The average Bonchev–Trinajstić information content (AvgIpc) is 2.57. The minimum Gasteiger partial charge on any atom is -0.128 e. The molecule has 0 fully saturated rings. The van der Waals surface area contributed by atoms with E-state index >= 15 is 0 Å². The molecule has 4 heteroatoms. The quantitative estimate of drug-likeness (QED) is 0.548. The van der Waals surface area contributed by atoms with E-state index in [2.05, 4.69) is 40.4 Å². The van der Waals surface area contributed by atoms with E-state index in [1.165, 1.54) is 24.3 Å². The van der Waals surface area contributed by atoms with Crippen molar-refractivity contribution in [2.24, 2.45) is 0 Å². The highest BCUT2D eigenvalue weighted by atomic mass is 79.9. The first-order valence-corrected chi connectivity index (χ1v) is 7.44. The molecule has 1 aromatic carbocycles. The van der Waals surface area contributed by atoms with Gasteiger partial charge in [0.2, 0.25) is 0 Å². The lowest BCUT2D eigenvalue weighted by atomic mass is 10.1. The van der Waals surface area contributed by atoms with Crippen LogP contribution in [0.15, 0.2) is 26.9 Å². The van der Waals surface area contributed by atoms with E-state index in [1.807, 2.05) is 0 Å². The van der Waals surface area contributed by atoms with Crippen molar-refractivity contribution < 1.29 is 0 Å². The van der Waals surface area contributed by atoms with Gasteiger partial charge in [-0.25, -0.2) is 0 Å². The second-order valence-electron chi connectivity index (χ2n) is 2.85. The lowest BCUT2D eigenvalue weighted by Gasteiger charge is -2.02. The van der Waals surface area contributed by atoms with Crippen molar-refractivity contribution in [3.8, 4) is 0 Å². The maximum atomic E-state index is 5.89. The summed E-state index contributed by atoms with van der Waals surface area (Å²) >= 11 is 13.0. The van der Waals surface area contributed by atoms with E-state index < -0.39 is 0 Å². The van der Waals surface area contributed by atoms with E-state index in [0.29, 0.717) is 5.88 Å². The molecule has 0 amide bonds. The van der Waals surface area contributed by atoms with Crippen LogP contribution in [0.2, 0.25) is 0 Å². The Balaban J connectivity index is 2.77. The fourth-order valence-corrected chi connectivity index (χ4v) is 4.06. The van der Waals surface area contributed by atoms with Crippen LogP contribution >= 0.6 is 50.6 Å². The summed E-state index contributed by atoms with van der Waals surface area (Å²) < 4.78 is 2.50. The molecule has 0 nitrogen and oxygen atoms in total. The molecule has 0 unspecified atom stereocenters. The molecule has 0 aliphatic heterocycles. The van der Waals surface area contributed by atoms with Gasteiger partial charge in [0.25, 0.3) is 0 Å². The standard InChI is InChI=1S/C10H8BrClS2/c1-13-8-3-2-6(5-12)7-4-9(11)14-10(7)8/h2-4H,5H2,1H3. The van der Waals surface area contributed by atoms with Crippen LogP contribution in [0.5, 0.6) is 0 Å². The first-order valence-electron chi connectivity index (χ1n) is 4.07. The highest BCUT2D eigenvalue weighted by Gasteiger charge is 2.08. The second-order valence-corrected chi connectivity index (χ2v) is 6.40. The Labute approximate surface area is 105 Å². The van der Waals surface area contributed by atoms with E-state index in [9.17, 15) is 0 Å². The molecule has 74 valence electrons. The van der Waals surface area contributed by atoms with Gasteiger partial charge in [-0.2, -0.15) is 0 Å². The molecule has 2 rings (SSSR count). The molecule has 1 aromatic heterocycles. The van der Waals surface area contributed by atoms with Crippen molar-refractivity contribution in [1.29, 1.82) is 0 Å². The van der Waals surface area contributed by atoms with Gasteiger partial charge in [0.15, 0.2) is 0 Å². The summed E-state index contributed by atoms with van der Waals surface area (Å²) in [5, 5.41) is 1.28. The van der Waals surface area contributed by atoms with Gasteiger partial charge in [0, 0.05) is 15.5 Å². The minimum absolute atomic E-state index is 0.578. The largest absolute Gasteiger partial charge is 0.128 e. The summed E-state index contributed by atoms with van der Waals surface area (Å²) in [5.41, 5.74) is 1.21. The lowest BCUT2D eigenvalue weighted by Crippen LogP contribution is -1.79. The summed E-state index contributed by atoms with van der Waals surface area (Å²) in [6.45, 7) is 0. The third-order valence-corrected chi connectivity index (χ3v) is 4.94. The smallest absolute Gasteiger partial charge is 0.0711 e. The van der Waals surface area contributed by atoms with Gasteiger partial charge in [-0.15, -0.1) is 34.7 Å². The van der Waals surface area contributed by atoms with Gasteiger partial charge in [-0.3, -0.25) is 0 Å². The Bertz CT molecular complexity index is 423. The van der Waals surface area contributed by atoms with Crippen LogP contribution in [0, 0.1) is 0 Å². The molecule has 14 heavy (non-hydrogen) atoms. The maximum Gasteiger partial charge on any atom is 0.0711 e. The van der Waals surface area contributed by atoms with E-state index in [1.54, 1.807) is 23.1 Å². The van der Waals surface area contributed by atoms with Crippen LogP contribution in [0.4, 0.5) is 0 Å². The van der Waals surface area contributed by atoms with Crippen molar-refractivity contribution in [2.75, 3.05) is 6.26 Å². The molecular weight excluding hydrogens is 300 g/mol. The first kappa shape index (κ1) is 10.8. The normalized spacial score (nSPS) is 11.1. The predicted octanol–water partition coefficient (Wildman–Crippen LogP) is 5.12. The van der Waals surface area contributed by atoms with Crippen LogP contribution in [-0.4, -0.2) is 6.26 Å². The zero-order valence-corrected chi connectivity index (χ0v) is 11.5. The molecular formula is C10H8BrClS2. The summed E-state index contributed by atoms with van der Waals surface area (Å²) in [6, 6.07) is 6.41. The van der Waals surface area contributed by atoms with Gasteiger partial charge in [-0.05, 0) is 45.3 Å². The zero-order chi connectivity index (χ0) is 10.1. The summed E-state index contributed by atoms with van der Waals surface area (Å²) in [4.78, 5) is 1.32. The Kier molecular flexibility index (Phi) is 3.42. The number of alkyl halides is 1. The first-order chi connectivity index (χ1) is 6.76. The number of fused-ring (bicyclic) bond motifs is 1. The molecule has 0 radical (unpaired) electrons. The van der Waals surface area contributed by atoms with E-state index in [-0.39, 0.29) is 0 Å². The van der Waals surface area contributed by atoms with Gasteiger partial charge < -0.3 is 0 Å². The van der Waals surface area contributed by atoms with Crippen LogP contribution in [0.3, 0.4) is 0 Å². The molecule has 0 aliphatic rings. The predicted molar refractivity (Wildman–Crippen MR) is 70.9 cm³/mol. The Morgan fingerprint density at radius 2 is 2.29 bits per heavy atom. The average molecular weight is 308 g/mol. The lowest BCUT2D eigenvalue weighted by molar-refractivity contribution is 1.42. The number of hydrogen-bond acceptors (Lipinski definition) is 2.